The number of nitrogens with two attached hydrogens (primary N) is 2. The number of hydrogen-bond acceptors (Lipinski definition) is 4. The van der Waals surface area contributed by atoms with Gasteiger partial charge in [0.1, 0.15) is 0 Å². The third-order valence-electron chi connectivity index (χ3n) is 2.71. The average Bonchev–Trinajstić information content (AvgIpc) is 2.42. The van der Waals surface area contributed by atoms with Crippen molar-refractivity contribution in [3.05, 3.63) is 35.4 Å². The van der Waals surface area contributed by atoms with Crippen LogP contribution in [0.25, 0.3) is 11.1 Å². The lowest BCUT2D eigenvalue weighted by Crippen LogP contribution is -2.01. The van der Waals surface area contributed by atoms with Crippen molar-refractivity contribution >= 4 is 11.4 Å². The van der Waals surface area contributed by atoms with Crippen molar-refractivity contribution in [2.24, 2.45) is 0 Å². The van der Waals surface area contributed by atoms with E-state index < -0.39 is 57.3 Å². The minimum atomic E-state index is -1.70. The van der Waals surface area contributed by atoms with E-state index in [1.165, 1.54) is 0 Å². The molecular formula is C12H8F4N2O2. The Bertz CT molecular complexity index is 658. The highest BCUT2D eigenvalue weighted by molar-refractivity contribution is 5.76. The largest absolute Gasteiger partial charge is 0.503 e. The van der Waals surface area contributed by atoms with Crippen LogP contribution in [-0.2, 0) is 0 Å². The molecule has 2 rings (SSSR count). The topological polar surface area (TPSA) is 92.5 Å². The van der Waals surface area contributed by atoms with E-state index in [4.69, 9.17) is 21.7 Å². The van der Waals surface area contributed by atoms with Crippen LogP contribution in [0, 0.1) is 23.3 Å². The number of phenols is 2. The molecule has 0 atom stereocenters. The molecule has 4 nitrogen and oxygen atoms in total. The van der Waals surface area contributed by atoms with Crippen molar-refractivity contribution in [1.29, 1.82) is 0 Å². The van der Waals surface area contributed by atoms with Crippen LogP contribution >= 0.6 is 0 Å². The van der Waals surface area contributed by atoms with E-state index in [0.29, 0.717) is 0 Å². The predicted octanol–water partition coefficient (Wildman–Crippen LogP) is 2.49. The Morgan fingerprint density at radius 3 is 1.25 bits per heavy atom. The van der Waals surface area contributed by atoms with Crippen LogP contribution in [0.2, 0.25) is 0 Å². The predicted molar refractivity (Wildman–Crippen MR) is 63.9 cm³/mol. The molecule has 0 heterocycles. The Morgan fingerprint density at radius 2 is 0.950 bits per heavy atom. The normalized spacial score (nSPS) is 10.8. The van der Waals surface area contributed by atoms with Gasteiger partial charge in [-0.3, -0.25) is 0 Å². The van der Waals surface area contributed by atoms with Gasteiger partial charge in [0.2, 0.25) is 11.6 Å². The number of anilines is 2. The lowest BCUT2D eigenvalue weighted by molar-refractivity contribution is 0.406. The van der Waals surface area contributed by atoms with Crippen LogP contribution in [0.15, 0.2) is 12.1 Å². The van der Waals surface area contributed by atoms with Gasteiger partial charge in [-0.2, -0.15) is 8.78 Å². The minimum Gasteiger partial charge on any atom is -0.503 e. The zero-order valence-corrected chi connectivity index (χ0v) is 9.72. The van der Waals surface area contributed by atoms with Crippen LogP contribution < -0.4 is 11.5 Å². The molecule has 2 aromatic rings. The lowest BCUT2D eigenvalue weighted by atomic mass is 10.0. The van der Waals surface area contributed by atoms with Gasteiger partial charge in [-0.1, -0.05) is 0 Å². The summed E-state index contributed by atoms with van der Waals surface area (Å²) in [6, 6.07) is 1.45. The molecule has 0 saturated carbocycles. The van der Waals surface area contributed by atoms with Crippen molar-refractivity contribution < 1.29 is 27.8 Å². The molecule has 0 saturated heterocycles. The SMILES string of the molecule is Nc1cc(-c2cc(N)c(O)c(F)c2F)c(F)c(F)c1O. The molecule has 0 amide bonds. The molecule has 0 aliphatic rings. The first kappa shape index (κ1) is 13.8. The third kappa shape index (κ3) is 1.85. The molecule has 0 aliphatic heterocycles. The maximum Gasteiger partial charge on any atom is 0.203 e. The van der Waals surface area contributed by atoms with E-state index in [1.807, 2.05) is 0 Å². The highest BCUT2D eigenvalue weighted by Gasteiger charge is 2.23. The molecule has 6 N–H and O–H groups in total. The fraction of sp³-hybridized carbons (Fsp3) is 0. The number of phenolic OH excluding ortho intramolecular Hbond substituents is 2. The highest BCUT2D eigenvalue weighted by Crippen LogP contribution is 2.39. The molecule has 0 spiro atoms. The Labute approximate surface area is 109 Å². The maximum atomic E-state index is 13.7. The first-order chi connectivity index (χ1) is 9.25. The second-order valence-corrected chi connectivity index (χ2v) is 3.98. The van der Waals surface area contributed by atoms with Gasteiger partial charge in [0.15, 0.2) is 23.1 Å². The fourth-order valence-electron chi connectivity index (χ4n) is 1.66. The summed E-state index contributed by atoms with van der Waals surface area (Å²) in [5, 5.41) is 18.2. The molecule has 20 heavy (non-hydrogen) atoms. The molecule has 0 unspecified atom stereocenters. The zero-order valence-electron chi connectivity index (χ0n) is 9.72. The molecule has 0 fully saturated rings. The van der Waals surface area contributed by atoms with Crippen LogP contribution in [0.1, 0.15) is 0 Å². The summed E-state index contributed by atoms with van der Waals surface area (Å²) in [6.07, 6.45) is 0. The lowest BCUT2D eigenvalue weighted by Gasteiger charge is -2.11. The van der Waals surface area contributed by atoms with Gasteiger partial charge in [-0.15, -0.1) is 0 Å². The standard InChI is InChI=1S/C12H8F4N2O2/c13-7-3(1-5(17)11(19)9(7)15)4-2-6(18)12(20)10(16)8(4)14/h1-2,19-20H,17-18H2. The second kappa shape index (κ2) is 4.48. The molecule has 0 aliphatic carbocycles. The van der Waals surface area contributed by atoms with Crippen molar-refractivity contribution in [2.45, 2.75) is 0 Å². The summed E-state index contributed by atoms with van der Waals surface area (Å²) in [6.45, 7) is 0. The van der Waals surface area contributed by atoms with Crippen LogP contribution in [0.4, 0.5) is 28.9 Å². The number of rotatable bonds is 1. The summed E-state index contributed by atoms with van der Waals surface area (Å²) in [5.74, 6) is -8.93. The van der Waals surface area contributed by atoms with E-state index in [2.05, 4.69) is 0 Å². The van der Waals surface area contributed by atoms with E-state index in [0.717, 1.165) is 12.1 Å². The molecule has 2 aromatic carbocycles. The quantitative estimate of drug-likeness (QED) is 0.368. The van der Waals surface area contributed by atoms with E-state index in [9.17, 15) is 17.6 Å². The van der Waals surface area contributed by atoms with Gasteiger partial charge in [0.25, 0.3) is 0 Å². The summed E-state index contributed by atoms with van der Waals surface area (Å²) in [5.41, 5.74) is 7.86. The molecular weight excluding hydrogens is 280 g/mol. The molecule has 0 aromatic heterocycles. The molecule has 0 bridgehead atoms. The van der Waals surface area contributed by atoms with Crippen LogP contribution in [0.3, 0.4) is 0 Å². The van der Waals surface area contributed by atoms with Gasteiger partial charge >= 0.3 is 0 Å². The maximum absolute atomic E-state index is 13.7. The summed E-state index contributed by atoms with van der Waals surface area (Å²) in [4.78, 5) is 0. The minimum absolute atomic E-state index is 0.564. The third-order valence-corrected chi connectivity index (χ3v) is 2.71. The van der Waals surface area contributed by atoms with Crippen molar-refractivity contribution in [3.8, 4) is 22.6 Å². The Balaban J connectivity index is 2.83. The van der Waals surface area contributed by atoms with Gasteiger partial charge in [-0.05, 0) is 12.1 Å². The van der Waals surface area contributed by atoms with E-state index in [-0.39, 0.29) is 0 Å². The number of hydrogen-bond donors (Lipinski definition) is 4. The van der Waals surface area contributed by atoms with Crippen LogP contribution in [0.5, 0.6) is 11.5 Å². The second-order valence-electron chi connectivity index (χ2n) is 3.98. The monoisotopic (exact) mass is 288 g/mol. The smallest absolute Gasteiger partial charge is 0.203 e. The molecule has 0 radical (unpaired) electrons. The average molecular weight is 288 g/mol. The van der Waals surface area contributed by atoms with Gasteiger partial charge in [0, 0.05) is 11.1 Å². The van der Waals surface area contributed by atoms with Crippen molar-refractivity contribution in [3.63, 3.8) is 0 Å². The summed E-state index contributed by atoms with van der Waals surface area (Å²) < 4.78 is 54.1. The van der Waals surface area contributed by atoms with Crippen molar-refractivity contribution in [1.82, 2.24) is 0 Å². The number of benzene rings is 2. The number of aromatic hydroxyl groups is 2. The Kier molecular flexibility index (Phi) is 3.09. The van der Waals surface area contributed by atoms with Gasteiger partial charge in [-0.25, -0.2) is 8.78 Å². The number of halogens is 4. The summed E-state index contributed by atoms with van der Waals surface area (Å²) in [7, 11) is 0. The summed E-state index contributed by atoms with van der Waals surface area (Å²) >= 11 is 0. The van der Waals surface area contributed by atoms with Gasteiger partial charge < -0.3 is 21.7 Å². The van der Waals surface area contributed by atoms with Crippen LogP contribution in [-0.4, -0.2) is 10.2 Å². The van der Waals surface area contributed by atoms with Gasteiger partial charge in [0.05, 0.1) is 11.4 Å². The molecule has 106 valence electrons. The zero-order chi connectivity index (χ0) is 15.2. The molecule has 8 heteroatoms. The first-order valence-corrected chi connectivity index (χ1v) is 5.19. The highest BCUT2D eigenvalue weighted by atomic mass is 19.2. The van der Waals surface area contributed by atoms with E-state index >= 15 is 0 Å². The van der Waals surface area contributed by atoms with E-state index in [1.54, 1.807) is 0 Å². The first-order valence-electron chi connectivity index (χ1n) is 5.19. The fourth-order valence-corrected chi connectivity index (χ4v) is 1.66. The number of nitrogen functional groups attached to an aromatic ring is 2. The Morgan fingerprint density at radius 1 is 0.650 bits per heavy atom. The van der Waals surface area contributed by atoms with Crippen molar-refractivity contribution in [2.75, 3.05) is 11.5 Å². The Hall–Kier alpha value is -2.64.